The summed E-state index contributed by atoms with van der Waals surface area (Å²) in [5.74, 6) is 0. The van der Waals surface area contributed by atoms with E-state index in [1.165, 1.54) is 0 Å². The molecular formula is C17H19NO3. The minimum Gasteiger partial charge on any atom is -0.444 e. The lowest BCUT2D eigenvalue weighted by atomic mass is 10.0. The summed E-state index contributed by atoms with van der Waals surface area (Å²) in [6, 6.07) is 11.2. The molecule has 0 spiro atoms. The number of aliphatic hydroxyl groups is 1. The normalized spacial score (nSPS) is 20.6. The third kappa shape index (κ3) is 2.47. The molecule has 0 aromatic heterocycles. The molecule has 0 saturated carbocycles. The van der Waals surface area contributed by atoms with Crippen LogP contribution in [0, 0.1) is 0 Å². The maximum Gasteiger partial charge on any atom is 0.408 e. The molecular weight excluding hydrogens is 266 g/mol. The third-order valence-electron chi connectivity index (χ3n) is 3.61. The summed E-state index contributed by atoms with van der Waals surface area (Å²) >= 11 is 0. The number of carbonyl (C=O) groups excluding carboxylic acids is 1. The predicted molar refractivity (Wildman–Crippen MR) is 81.0 cm³/mol. The van der Waals surface area contributed by atoms with E-state index in [1.807, 2.05) is 57.2 Å². The molecule has 0 fully saturated rings. The zero-order chi connectivity index (χ0) is 15.2. The van der Waals surface area contributed by atoms with E-state index < -0.39 is 23.8 Å². The Morgan fingerprint density at radius 2 is 1.76 bits per heavy atom. The van der Waals surface area contributed by atoms with E-state index >= 15 is 0 Å². The van der Waals surface area contributed by atoms with E-state index in [0.717, 1.165) is 21.9 Å². The number of aliphatic hydroxyl groups excluding tert-OH is 1. The highest BCUT2D eigenvalue weighted by Gasteiger charge is 2.34. The van der Waals surface area contributed by atoms with Crippen molar-refractivity contribution in [2.24, 2.45) is 0 Å². The van der Waals surface area contributed by atoms with E-state index in [-0.39, 0.29) is 0 Å². The van der Waals surface area contributed by atoms with Crippen LogP contribution in [0.1, 0.15) is 44.0 Å². The third-order valence-corrected chi connectivity index (χ3v) is 3.61. The van der Waals surface area contributed by atoms with Gasteiger partial charge in [-0.05, 0) is 42.7 Å². The number of amides is 1. The molecule has 2 N–H and O–H groups in total. The van der Waals surface area contributed by atoms with Gasteiger partial charge in [-0.15, -0.1) is 0 Å². The van der Waals surface area contributed by atoms with Gasteiger partial charge in [0.05, 0.1) is 6.04 Å². The van der Waals surface area contributed by atoms with E-state index in [2.05, 4.69) is 5.32 Å². The van der Waals surface area contributed by atoms with Gasteiger partial charge in [0.1, 0.15) is 11.7 Å². The van der Waals surface area contributed by atoms with E-state index in [4.69, 9.17) is 4.74 Å². The summed E-state index contributed by atoms with van der Waals surface area (Å²) in [5.41, 5.74) is 1.22. The van der Waals surface area contributed by atoms with Crippen LogP contribution >= 0.6 is 0 Å². The molecule has 4 heteroatoms. The van der Waals surface area contributed by atoms with Crippen LogP contribution in [-0.4, -0.2) is 16.8 Å². The fourth-order valence-corrected chi connectivity index (χ4v) is 2.85. The SMILES string of the molecule is CC(C)(C)OC(=O)N[C@@H]1c2cccc3cccc(c23)[C@H]1O. The van der Waals surface area contributed by atoms with E-state index in [0.29, 0.717) is 0 Å². The Morgan fingerprint density at radius 1 is 1.14 bits per heavy atom. The van der Waals surface area contributed by atoms with Crippen molar-refractivity contribution < 1.29 is 14.6 Å². The number of alkyl carbamates (subject to hydrolysis) is 1. The molecule has 0 saturated heterocycles. The average molecular weight is 285 g/mol. The van der Waals surface area contributed by atoms with Crippen LogP contribution in [0.2, 0.25) is 0 Å². The van der Waals surface area contributed by atoms with E-state index in [9.17, 15) is 9.90 Å². The summed E-state index contributed by atoms with van der Waals surface area (Å²) < 4.78 is 5.28. The summed E-state index contributed by atoms with van der Waals surface area (Å²) in [7, 11) is 0. The zero-order valence-corrected chi connectivity index (χ0v) is 12.4. The second-order valence-corrected chi connectivity index (χ2v) is 6.36. The lowest BCUT2D eigenvalue weighted by molar-refractivity contribution is 0.0430. The molecule has 1 aliphatic rings. The average Bonchev–Trinajstić information content (AvgIpc) is 2.65. The highest BCUT2D eigenvalue weighted by Crippen LogP contribution is 2.43. The molecule has 0 unspecified atom stereocenters. The van der Waals surface area contributed by atoms with Crippen LogP contribution in [0.25, 0.3) is 10.8 Å². The molecule has 1 amide bonds. The molecule has 3 rings (SSSR count). The Balaban J connectivity index is 1.93. The van der Waals surface area contributed by atoms with Gasteiger partial charge in [-0.1, -0.05) is 36.4 Å². The fraction of sp³-hybridized carbons (Fsp3) is 0.353. The Kier molecular flexibility index (Phi) is 3.14. The summed E-state index contributed by atoms with van der Waals surface area (Å²) in [6.07, 6.45) is -1.27. The number of nitrogens with one attached hydrogen (secondary N) is 1. The first-order valence-corrected chi connectivity index (χ1v) is 7.06. The Labute approximate surface area is 123 Å². The van der Waals surface area contributed by atoms with Crippen LogP contribution in [0.4, 0.5) is 4.79 Å². The second-order valence-electron chi connectivity index (χ2n) is 6.36. The number of carbonyl (C=O) groups is 1. The maximum atomic E-state index is 12.0. The van der Waals surface area contributed by atoms with Crippen LogP contribution in [-0.2, 0) is 4.74 Å². The first-order valence-electron chi connectivity index (χ1n) is 7.06. The topological polar surface area (TPSA) is 58.6 Å². The number of rotatable bonds is 1. The van der Waals surface area contributed by atoms with E-state index in [1.54, 1.807) is 0 Å². The van der Waals surface area contributed by atoms with Gasteiger partial charge in [-0.3, -0.25) is 0 Å². The number of hydrogen-bond acceptors (Lipinski definition) is 3. The van der Waals surface area contributed by atoms with Gasteiger partial charge >= 0.3 is 6.09 Å². The quantitative estimate of drug-likeness (QED) is 0.843. The van der Waals surface area contributed by atoms with Gasteiger partial charge in [0.2, 0.25) is 0 Å². The molecule has 1 aliphatic carbocycles. The zero-order valence-electron chi connectivity index (χ0n) is 12.4. The van der Waals surface area contributed by atoms with Crippen molar-refractivity contribution in [1.29, 1.82) is 0 Å². The van der Waals surface area contributed by atoms with Crippen molar-refractivity contribution in [2.75, 3.05) is 0 Å². The summed E-state index contributed by atoms with van der Waals surface area (Å²) in [4.78, 5) is 12.0. The molecule has 2 atom stereocenters. The van der Waals surface area contributed by atoms with Crippen molar-refractivity contribution in [1.82, 2.24) is 5.32 Å². The lowest BCUT2D eigenvalue weighted by Crippen LogP contribution is -2.36. The standard InChI is InChI=1S/C17H19NO3/c1-17(2,3)21-16(20)18-14-11-8-4-6-10-7-5-9-12(13(10)11)15(14)19/h4-9,14-15,19H,1-3H3,(H,18,20)/t14-,15-/m1/s1. The van der Waals surface area contributed by atoms with Gasteiger partial charge in [-0.25, -0.2) is 4.79 Å². The van der Waals surface area contributed by atoms with Crippen LogP contribution in [0.5, 0.6) is 0 Å². The van der Waals surface area contributed by atoms with Crippen molar-refractivity contribution >= 4 is 16.9 Å². The van der Waals surface area contributed by atoms with Gasteiger partial charge in [0, 0.05) is 0 Å². The number of hydrogen-bond donors (Lipinski definition) is 2. The van der Waals surface area contributed by atoms with Crippen LogP contribution < -0.4 is 5.32 Å². The second kappa shape index (κ2) is 4.74. The highest BCUT2D eigenvalue weighted by atomic mass is 16.6. The molecule has 2 aromatic rings. The minimum atomic E-state index is -0.751. The van der Waals surface area contributed by atoms with Crippen molar-refractivity contribution in [3.63, 3.8) is 0 Å². The molecule has 0 radical (unpaired) electrons. The van der Waals surface area contributed by atoms with Crippen molar-refractivity contribution in [2.45, 2.75) is 38.5 Å². The largest absolute Gasteiger partial charge is 0.444 e. The number of ether oxygens (including phenoxy) is 1. The lowest BCUT2D eigenvalue weighted by Gasteiger charge is -2.23. The molecule has 0 heterocycles. The fourth-order valence-electron chi connectivity index (χ4n) is 2.85. The van der Waals surface area contributed by atoms with Gasteiger partial charge in [0.25, 0.3) is 0 Å². The predicted octanol–water partition coefficient (Wildman–Crippen LogP) is 3.45. The van der Waals surface area contributed by atoms with Crippen LogP contribution in [0.15, 0.2) is 36.4 Å². The summed E-state index contributed by atoms with van der Waals surface area (Å²) in [5, 5.41) is 15.4. The van der Waals surface area contributed by atoms with Gasteiger partial charge in [0.15, 0.2) is 0 Å². The Morgan fingerprint density at radius 3 is 2.38 bits per heavy atom. The van der Waals surface area contributed by atoms with Gasteiger partial charge < -0.3 is 15.2 Å². The number of benzene rings is 2. The first-order chi connectivity index (χ1) is 9.87. The summed E-state index contributed by atoms with van der Waals surface area (Å²) in [6.45, 7) is 5.44. The molecule has 110 valence electrons. The van der Waals surface area contributed by atoms with Crippen molar-refractivity contribution in [3.8, 4) is 0 Å². The highest BCUT2D eigenvalue weighted by molar-refractivity contribution is 5.92. The molecule has 4 nitrogen and oxygen atoms in total. The molecule has 0 aliphatic heterocycles. The monoisotopic (exact) mass is 285 g/mol. The maximum absolute atomic E-state index is 12.0. The van der Waals surface area contributed by atoms with Gasteiger partial charge in [-0.2, -0.15) is 0 Å². The molecule has 21 heavy (non-hydrogen) atoms. The first kappa shape index (κ1) is 13.9. The molecule has 2 aromatic carbocycles. The minimum absolute atomic E-state index is 0.471. The van der Waals surface area contributed by atoms with Crippen molar-refractivity contribution in [3.05, 3.63) is 47.5 Å². The smallest absolute Gasteiger partial charge is 0.408 e. The van der Waals surface area contributed by atoms with Crippen LogP contribution in [0.3, 0.4) is 0 Å². The Bertz CT molecular complexity index is 697. The molecule has 0 bridgehead atoms. The Hall–Kier alpha value is -2.07.